The van der Waals surface area contributed by atoms with Crippen LogP contribution in [0.5, 0.6) is 5.75 Å². The molecule has 0 radical (unpaired) electrons. The number of nitrogens with one attached hydrogen (secondary N) is 1. The Balaban J connectivity index is 0.00000128. The maximum atomic E-state index is 7.40. The summed E-state index contributed by atoms with van der Waals surface area (Å²) < 4.78 is 7.30. The van der Waals surface area contributed by atoms with Gasteiger partial charge in [0.25, 0.3) is 0 Å². The van der Waals surface area contributed by atoms with E-state index in [9.17, 15) is 0 Å². The van der Waals surface area contributed by atoms with Crippen molar-refractivity contribution in [3.63, 3.8) is 0 Å². The minimum atomic E-state index is 0. The molecule has 0 spiro atoms. The normalized spacial score (nSPS) is 9.88. The van der Waals surface area contributed by atoms with E-state index in [1.54, 1.807) is 7.11 Å². The molecule has 1 aromatic carbocycles. The van der Waals surface area contributed by atoms with Crippen LogP contribution in [0, 0.1) is 5.41 Å². The first kappa shape index (κ1) is 13.3. The fourth-order valence-electron chi connectivity index (χ4n) is 1.38. The summed E-state index contributed by atoms with van der Waals surface area (Å²) in [6.07, 6.45) is 0. The Labute approximate surface area is 112 Å². The Morgan fingerprint density at radius 2 is 2.19 bits per heavy atom. The standard InChI is InChI=1S/C10H9BrN2OS.ClH/c1-14-7-3-2-6(11)9-5(7)4-8(15-9)10(12)13;/h2-4H,1H3,(H3,12,13);1H. The second-order valence-electron chi connectivity index (χ2n) is 3.02. The number of amidine groups is 1. The van der Waals surface area contributed by atoms with E-state index in [1.165, 1.54) is 11.3 Å². The van der Waals surface area contributed by atoms with Crippen LogP contribution in [0.4, 0.5) is 0 Å². The average Bonchev–Trinajstić information content (AvgIpc) is 2.64. The quantitative estimate of drug-likeness (QED) is 0.658. The molecular weight excluding hydrogens is 312 g/mol. The van der Waals surface area contributed by atoms with Gasteiger partial charge in [-0.2, -0.15) is 0 Å². The lowest BCUT2D eigenvalue weighted by molar-refractivity contribution is 0.420. The molecule has 16 heavy (non-hydrogen) atoms. The van der Waals surface area contributed by atoms with Crippen molar-refractivity contribution in [1.29, 1.82) is 5.41 Å². The average molecular weight is 322 g/mol. The summed E-state index contributed by atoms with van der Waals surface area (Å²) in [6.45, 7) is 0. The van der Waals surface area contributed by atoms with Crippen LogP contribution in [0.3, 0.4) is 0 Å². The number of methoxy groups -OCH3 is 1. The highest BCUT2D eigenvalue weighted by Gasteiger charge is 2.10. The molecule has 0 fully saturated rings. The number of ether oxygens (including phenoxy) is 1. The maximum absolute atomic E-state index is 7.40. The van der Waals surface area contributed by atoms with Gasteiger partial charge in [0.15, 0.2) is 0 Å². The van der Waals surface area contributed by atoms with Gasteiger partial charge in [0.1, 0.15) is 11.6 Å². The van der Waals surface area contributed by atoms with E-state index in [1.807, 2.05) is 18.2 Å². The van der Waals surface area contributed by atoms with Gasteiger partial charge in [-0.15, -0.1) is 23.7 Å². The Kier molecular flexibility index (Phi) is 4.18. The van der Waals surface area contributed by atoms with Gasteiger partial charge in [-0.05, 0) is 34.1 Å². The molecule has 0 aliphatic heterocycles. The highest BCUT2D eigenvalue weighted by molar-refractivity contribution is 9.10. The minimum absolute atomic E-state index is 0. The summed E-state index contributed by atoms with van der Waals surface area (Å²) >= 11 is 4.95. The Hall–Kier alpha value is -0.780. The third-order valence-corrected chi connectivity index (χ3v) is 4.21. The van der Waals surface area contributed by atoms with Crippen molar-refractivity contribution >= 4 is 55.6 Å². The van der Waals surface area contributed by atoms with Crippen LogP contribution >= 0.6 is 39.7 Å². The second-order valence-corrected chi connectivity index (χ2v) is 4.92. The van der Waals surface area contributed by atoms with Gasteiger partial charge in [0.2, 0.25) is 0 Å². The number of nitrogen functional groups attached to an aromatic ring is 1. The number of nitrogens with two attached hydrogens (primary N) is 1. The van der Waals surface area contributed by atoms with Crippen LogP contribution < -0.4 is 10.5 Å². The fourth-order valence-corrected chi connectivity index (χ4v) is 2.91. The highest BCUT2D eigenvalue weighted by Crippen LogP contribution is 2.37. The minimum Gasteiger partial charge on any atom is -0.496 e. The summed E-state index contributed by atoms with van der Waals surface area (Å²) in [5, 5.41) is 8.39. The molecule has 0 aliphatic carbocycles. The molecule has 0 aliphatic rings. The predicted molar refractivity (Wildman–Crippen MR) is 74.3 cm³/mol. The van der Waals surface area contributed by atoms with E-state index in [0.717, 1.165) is 25.2 Å². The zero-order valence-electron chi connectivity index (χ0n) is 8.41. The van der Waals surface area contributed by atoms with Gasteiger partial charge >= 0.3 is 0 Å². The maximum Gasteiger partial charge on any atom is 0.133 e. The van der Waals surface area contributed by atoms with Crippen molar-refractivity contribution in [1.82, 2.24) is 0 Å². The first-order valence-electron chi connectivity index (χ1n) is 4.24. The second kappa shape index (κ2) is 5.03. The van der Waals surface area contributed by atoms with Crippen molar-refractivity contribution in [2.24, 2.45) is 5.73 Å². The van der Waals surface area contributed by atoms with E-state index >= 15 is 0 Å². The molecule has 2 rings (SSSR count). The smallest absolute Gasteiger partial charge is 0.133 e. The SMILES string of the molecule is COc1ccc(Br)c2sc(C(=N)N)cc12.Cl. The van der Waals surface area contributed by atoms with E-state index < -0.39 is 0 Å². The van der Waals surface area contributed by atoms with E-state index in [2.05, 4.69) is 15.9 Å². The summed E-state index contributed by atoms with van der Waals surface area (Å²) in [5.41, 5.74) is 5.46. The summed E-state index contributed by atoms with van der Waals surface area (Å²) in [6, 6.07) is 5.70. The van der Waals surface area contributed by atoms with Crippen LogP contribution in [0.25, 0.3) is 10.1 Å². The lowest BCUT2D eigenvalue weighted by Gasteiger charge is -2.01. The summed E-state index contributed by atoms with van der Waals surface area (Å²) in [7, 11) is 1.63. The van der Waals surface area contributed by atoms with Gasteiger partial charge in [0.05, 0.1) is 16.7 Å². The van der Waals surface area contributed by atoms with Crippen molar-refractivity contribution < 1.29 is 4.74 Å². The molecular formula is C10H10BrClN2OS. The number of rotatable bonds is 2. The molecule has 0 bridgehead atoms. The van der Waals surface area contributed by atoms with Crippen molar-refractivity contribution in [2.75, 3.05) is 7.11 Å². The summed E-state index contributed by atoms with van der Waals surface area (Å²) in [5.74, 6) is 0.891. The van der Waals surface area contributed by atoms with Crippen LogP contribution in [0.2, 0.25) is 0 Å². The predicted octanol–water partition coefficient (Wildman–Crippen LogP) is 3.38. The molecule has 1 heterocycles. The molecule has 0 saturated carbocycles. The van der Waals surface area contributed by atoms with Gasteiger partial charge in [0, 0.05) is 9.86 Å². The largest absolute Gasteiger partial charge is 0.496 e. The molecule has 3 nitrogen and oxygen atoms in total. The van der Waals surface area contributed by atoms with Crippen LogP contribution in [0.15, 0.2) is 22.7 Å². The molecule has 6 heteroatoms. The molecule has 1 aromatic heterocycles. The zero-order chi connectivity index (χ0) is 11.0. The Morgan fingerprint density at radius 1 is 1.50 bits per heavy atom. The third-order valence-electron chi connectivity index (χ3n) is 2.08. The first-order valence-corrected chi connectivity index (χ1v) is 5.85. The van der Waals surface area contributed by atoms with E-state index in [-0.39, 0.29) is 18.2 Å². The number of thiophene rings is 1. The van der Waals surface area contributed by atoms with Crippen LogP contribution in [-0.2, 0) is 0 Å². The van der Waals surface area contributed by atoms with Crippen molar-refractivity contribution in [2.45, 2.75) is 0 Å². The number of hydrogen-bond donors (Lipinski definition) is 2. The lowest BCUT2D eigenvalue weighted by Crippen LogP contribution is -2.08. The molecule has 2 aromatic rings. The van der Waals surface area contributed by atoms with Gasteiger partial charge in [-0.1, -0.05) is 0 Å². The van der Waals surface area contributed by atoms with Crippen LogP contribution in [-0.4, -0.2) is 12.9 Å². The monoisotopic (exact) mass is 320 g/mol. The molecule has 0 unspecified atom stereocenters. The topological polar surface area (TPSA) is 59.1 Å². The molecule has 0 atom stereocenters. The first-order chi connectivity index (χ1) is 7.13. The number of hydrogen-bond acceptors (Lipinski definition) is 3. The lowest BCUT2D eigenvalue weighted by atomic mass is 10.2. The van der Waals surface area contributed by atoms with Gasteiger partial charge < -0.3 is 10.5 Å². The number of benzene rings is 1. The van der Waals surface area contributed by atoms with Crippen molar-refractivity contribution in [3.05, 3.63) is 27.5 Å². The van der Waals surface area contributed by atoms with Gasteiger partial charge in [-0.3, -0.25) is 5.41 Å². The highest BCUT2D eigenvalue weighted by atomic mass is 79.9. The zero-order valence-corrected chi connectivity index (χ0v) is 11.6. The fraction of sp³-hybridized carbons (Fsp3) is 0.100. The summed E-state index contributed by atoms with van der Waals surface area (Å²) in [4.78, 5) is 0.759. The van der Waals surface area contributed by atoms with Crippen LogP contribution in [0.1, 0.15) is 4.88 Å². The molecule has 86 valence electrons. The van der Waals surface area contributed by atoms with E-state index in [4.69, 9.17) is 15.9 Å². The number of fused-ring (bicyclic) bond motifs is 1. The molecule has 3 N–H and O–H groups in total. The molecule has 0 amide bonds. The molecule has 0 saturated heterocycles. The number of halogens is 2. The third kappa shape index (κ3) is 2.16. The Morgan fingerprint density at radius 3 is 2.75 bits per heavy atom. The van der Waals surface area contributed by atoms with Crippen molar-refractivity contribution in [3.8, 4) is 5.75 Å². The Bertz CT molecular complexity index is 541. The van der Waals surface area contributed by atoms with E-state index in [0.29, 0.717) is 0 Å². The van der Waals surface area contributed by atoms with Gasteiger partial charge in [-0.25, -0.2) is 0 Å².